The van der Waals surface area contributed by atoms with E-state index in [-0.39, 0.29) is 0 Å². The van der Waals surface area contributed by atoms with Crippen molar-refractivity contribution in [2.75, 3.05) is 0 Å². The van der Waals surface area contributed by atoms with Crippen molar-refractivity contribution in [3.05, 3.63) is 11.6 Å². The van der Waals surface area contributed by atoms with Gasteiger partial charge in [0, 0.05) is 6.10 Å². The van der Waals surface area contributed by atoms with Gasteiger partial charge in [-0.05, 0) is 98.1 Å². The van der Waals surface area contributed by atoms with Crippen molar-refractivity contribution in [1.29, 1.82) is 0 Å². The molecule has 0 aromatic carbocycles. The molecule has 0 unspecified atom stereocenters. The van der Waals surface area contributed by atoms with Crippen LogP contribution < -0.4 is 0 Å². The molecule has 0 N–H and O–H groups in total. The maximum absolute atomic E-state index is 6.86. The van der Waals surface area contributed by atoms with Crippen molar-refractivity contribution in [3.63, 3.8) is 0 Å². The Hall–Kier alpha value is -0.0831. The second kappa shape index (κ2) is 6.46. The molecule has 0 aliphatic heterocycles. The van der Waals surface area contributed by atoms with Gasteiger partial charge in [0.25, 0.3) is 0 Å². The highest BCUT2D eigenvalue weighted by molar-refractivity contribution is 6.74. The quantitative estimate of drug-likeness (QED) is 0.347. The molecule has 4 rings (SSSR count). The molecule has 4 aliphatic rings. The lowest BCUT2D eigenvalue weighted by molar-refractivity contribution is -0.0348. The smallest absolute Gasteiger partial charge is 0.192 e. The van der Waals surface area contributed by atoms with Crippen molar-refractivity contribution < 1.29 is 4.43 Å². The average Bonchev–Trinajstić information content (AvgIpc) is 2.95. The summed E-state index contributed by atoms with van der Waals surface area (Å²) in [5.74, 6) is 2.92. The van der Waals surface area contributed by atoms with Crippen LogP contribution in [0.25, 0.3) is 0 Å². The van der Waals surface area contributed by atoms with E-state index in [0.29, 0.717) is 22.0 Å². The van der Waals surface area contributed by atoms with Gasteiger partial charge in [-0.3, -0.25) is 0 Å². The van der Waals surface area contributed by atoms with Crippen LogP contribution in [-0.2, 0) is 4.43 Å². The molecule has 0 radical (unpaired) electrons. The van der Waals surface area contributed by atoms with Gasteiger partial charge in [0.1, 0.15) is 0 Å². The third-order valence-electron chi connectivity index (χ3n) is 10.1. The van der Waals surface area contributed by atoms with Crippen molar-refractivity contribution in [1.82, 2.24) is 0 Å². The van der Waals surface area contributed by atoms with Crippen LogP contribution in [0.1, 0.15) is 92.4 Å². The highest BCUT2D eigenvalue weighted by atomic mass is 28.4. The second-order valence-corrected chi connectivity index (χ2v) is 17.3. The molecule has 0 aromatic heterocycles. The SMILES string of the molecule is CC(C)(C)[Si](C)(C)O[C@H]1CC[C@@]2(C)C(=CC[C@H]3[C@@H]4CCC[C@@]4(C)CC[C@@H]32)C1. The van der Waals surface area contributed by atoms with Crippen molar-refractivity contribution >= 4 is 8.32 Å². The van der Waals surface area contributed by atoms with Crippen LogP contribution in [0.4, 0.5) is 0 Å². The Morgan fingerprint density at radius 3 is 2.44 bits per heavy atom. The Kier molecular flexibility index (Phi) is 4.83. The van der Waals surface area contributed by atoms with Gasteiger partial charge in [0.15, 0.2) is 8.32 Å². The predicted octanol–water partition coefficient (Wildman–Crippen LogP) is 7.73. The standard InChI is InChI=1S/C25H44OSi/c1-23(2,3)27(6,7)26-19-12-16-25(5)18(17-19)10-11-20-21-9-8-14-24(21,4)15-13-22(20)25/h10,19-22H,8-9,11-17H2,1-7H3/t19-,20-,21-,22-,24-,25-/m0/s1. The third kappa shape index (κ3) is 3.21. The molecule has 0 spiro atoms. The molecule has 4 aliphatic carbocycles. The summed E-state index contributed by atoms with van der Waals surface area (Å²) in [5.41, 5.74) is 2.92. The molecule has 0 heterocycles. The molecular weight excluding hydrogens is 344 g/mol. The highest BCUT2D eigenvalue weighted by Gasteiger charge is 2.56. The summed E-state index contributed by atoms with van der Waals surface area (Å²) in [6.45, 7) is 17.2. The van der Waals surface area contributed by atoms with Gasteiger partial charge < -0.3 is 4.43 Å². The van der Waals surface area contributed by atoms with Crippen molar-refractivity contribution in [2.45, 2.75) is 117 Å². The van der Waals surface area contributed by atoms with Gasteiger partial charge in [0.2, 0.25) is 0 Å². The topological polar surface area (TPSA) is 9.23 Å². The Morgan fingerprint density at radius 2 is 1.74 bits per heavy atom. The maximum atomic E-state index is 6.86. The highest BCUT2D eigenvalue weighted by Crippen LogP contribution is 2.65. The van der Waals surface area contributed by atoms with E-state index < -0.39 is 8.32 Å². The summed E-state index contributed by atoms with van der Waals surface area (Å²) >= 11 is 0. The van der Waals surface area contributed by atoms with Crippen molar-refractivity contribution in [2.24, 2.45) is 28.6 Å². The van der Waals surface area contributed by atoms with Crippen LogP contribution in [-0.4, -0.2) is 14.4 Å². The largest absolute Gasteiger partial charge is 0.414 e. The first-order valence-electron chi connectivity index (χ1n) is 11.8. The van der Waals surface area contributed by atoms with E-state index in [1.165, 1.54) is 57.8 Å². The molecule has 3 saturated carbocycles. The molecule has 1 nitrogen and oxygen atoms in total. The average molecular weight is 389 g/mol. The predicted molar refractivity (Wildman–Crippen MR) is 118 cm³/mol. The van der Waals surface area contributed by atoms with Gasteiger partial charge in [-0.15, -0.1) is 0 Å². The first-order chi connectivity index (χ1) is 12.5. The summed E-state index contributed by atoms with van der Waals surface area (Å²) in [6.07, 6.45) is 15.9. The van der Waals surface area contributed by atoms with E-state index in [1.54, 1.807) is 5.57 Å². The molecule has 0 bridgehead atoms. The molecular formula is C25H44OSi. The van der Waals surface area contributed by atoms with Crippen LogP contribution in [0.5, 0.6) is 0 Å². The molecule has 2 heteroatoms. The number of rotatable bonds is 2. The lowest BCUT2D eigenvalue weighted by Crippen LogP contribution is -2.51. The minimum absolute atomic E-state index is 0.316. The zero-order valence-electron chi connectivity index (χ0n) is 19.2. The van der Waals surface area contributed by atoms with Crippen LogP contribution in [0.3, 0.4) is 0 Å². The lowest BCUT2D eigenvalue weighted by Gasteiger charge is -2.58. The molecule has 154 valence electrons. The van der Waals surface area contributed by atoms with Gasteiger partial charge >= 0.3 is 0 Å². The van der Waals surface area contributed by atoms with E-state index in [4.69, 9.17) is 4.43 Å². The number of allylic oxidation sites excluding steroid dienone is 1. The first kappa shape index (κ1) is 20.2. The zero-order valence-corrected chi connectivity index (χ0v) is 20.2. The summed E-state index contributed by atoms with van der Waals surface area (Å²) < 4.78 is 6.86. The molecule has 0 aromatic rings. The van der Waals surface area contributed by atoms with Crippen LogP contribution >= 0.6 is 0 Å². The molecule has 0 amide bonds. The molecule has 27 heavy (non-hydrogen) atoms. The fourth-order valence-corrected chi connectivity index (χ4v) is 8.70. The monoisotopic (exact) mass is 388 g/mol. The minimum Gasteiger partial charge on any atom is -0.414 e. The van der Waals surface area contributed by atoms with Crippen LogP contribution in [0, 0.1) is 28.6 Å². The fraction of sp³-hybridized carbons (Fsp3) is 0.920. The molecule has 6 atom stereocenters. The maximum Gasteiger partial charge on any atom is 0.192 e. The Labute approximate surface area is 169 Å². The first-order valence-corrected chi connectivity index (χ1v) is 14.7. The summed E-state index contributed by atoms with van der Waals surface area (Å²) in [6, 6.07) is 0. The molecule has 3 fully saturated rings. The zero-order chi connectivity index (χ0) is 19.7. The lowest BCUT2D eigenvalue weighted by atomic mass is 9.48. The Balaban J connectivity index is 1.52. The summed E-state index contributed by atoms with van der Waals surface area (Å²) in [7, 11) is -1.66. The molecule has 0 saturated heterocycles. The Bertz CT molecular complexity index is 614. The van der Waals surface area contributed by atoms with Gasteiger partial charge in [-0.25, -0.2) is 0 Å². The van der Waals surface area contributed by atoms with Gasteiger partial charge in [-0.1, -0.05) is 52.7 Å². The minimum atomic E-state index is -1.66. The number of fused-ring (bicyclic) bond motifs is 5. The number of hydrogen-bond acceptors (Lipinski definition) is 1. The summed E-state index contributed by atoms with van der Waals surface area (Å²) in [5, 5.41) is 0.316. The van der Waals surface area contributed by atoms with E-state index in [9.17, 15) is 0 Å². The normalized spacial score (nSPS) is 44.9. The second-order valence-electron chi connectivity index (χ2n) is 12.6. The fourth-order valence-electron chi connectivity index (χ4n) is 7.31. The van der Waals surface area contributed by atoms with Crippen LogP contribution in [0.2, 0.25) is 18.1 Å². The van der Waals surface area contributed by atoms with E-state index in [1.807, 2.05) is 0 Å². The van der Waals surface area contributed by atoms with Gasteiger partial charge in [0.05, 0.1) is 0 Å². The van der Waals surface area contributed by atoms with E-state index >= 15 is 0 Å². The van der Waals surface area contributed by atoms with Crippen LogP contribution in [0.15, 0.2) is 11.6 Å². The number of hydrogen-bond donors (Lipinski definition) is 0. The van der Waals surface area contributed by atoms with E-state index in [0.717, 1.165) is 17.8 Å². The summed E-state index contributed by atoms with van der Waals surface area (Å²) in [4.78, 5) is 0. The van der Waals surface area contributed by atoms with Gasteiger partial charge in [-0.2, -0.15) is 0 Å². The van der Waals surface area contributed by atoms with E-state index in [2.05, 4.69) is 53.8 Å². The van der Waals surface area contributed by atoms with Crippen molar-refractivity contribution in [3.8, 4) is 0 Å². The Morgan fingerprint density at radius 1 is 1.00 bits per heavy atom. The third-order valence-corrected chi connectivity index (χ3v) is 14.6.